The van der Waals surface area contributed by atoms with Crippen molar-refractivity contribution in [2.24, 2.45) is 0 Å². The third kappa shape index (κ3) is 5.72. The lowest BCUT2D eigenvalue weighted by atomic mass is 10.1. The summed E-state index contributed by atoms with van der Waals surface area (Å²) in [6.45, 7) is 9.64. The smallest absolute Gasteiger partial charge is 0.279 e. The van der Waals surface area contributed by atoms with Gasteiger partial charge >= 0.3 is 0 Å². The van der Waals surface area contributed by atoms with Gasteiger partial charge in [0.15, 0.2) is 5.52 Å². The first-order valence-corrected chi connectivity index (χ1v) is 15.6. The molecular formula is C29H37N7O4S. The van der Waals surface area contributed by atoms with Gasteiger partial charge in [0.2, 0.25) is 10.0 Å². The lowest BCUT2D eigenvalue weighted by Gasteiger charge is -2.33. The van der Waals surface area contributed by atoms with E-state index in [9.17, 15) is 13.2 Å². The van der Waals surface area contributed by atoms with E-state index >= 15 is 0 Å². The number of ether oxygens (including phenoxy) is 1. The van der Waals surface area contributed by atoms with E-state index < -0.39 is 15.6 Å². The number of sulfonamides is 1. The van der Waals surface area contributed by atoms with Gasteiger partial charge in [0.25, 0.3) is 5.56 Å². The van der Waals surface area contributed by atoms with Gasteiger partial charge in [0.1, 0.15) is 17.1 Å². The van der Waals surface area contributed by atoms with Gasteiger partial charge < -0.3 is 20.4 Å². The number of benzene rings is 2. The lowest BCUT2D eigenvalue weighted by molar-refractivity contribution is 0.196. The minimum atomic E-state index is -3.76. The van der Waals surface area contributed by atoms with Crippen LogP contribution in [0.4, 0.5) is 5.69 Å². The van der Waals surface area contributed by atoms with E-state index in [1.165, 1.54) is 4.31 Å². The highest BCUT2D eigenvalue weighted by molar-refractivity contribution is 7.89. The van der Waals surface area contributed by atoms with Crippen molar-refractivity contribution in [2.45, 2.75) is 44.9 Å². The molecule has 0 unspecified atom stereocenters. The molecule has 41 heavy (non-hydrogen) atoms. The molecule has 0 aliphatic carbocycles. The molecule has 0 amide bonds. The minimum Gasteiger partial charge on any atom is -0.493 e. The monoisotopic (exact) mass is 579 g/mol. The van der Waals surface area contributed by atoms with Crippen molar-refractivity contribution >= 4 is 26.7 Å². The van der Waals surface area contributed by atoms with Gasteiger partial charge in [-0.3, -0.25) is 4.79 Å². The zero-order valence-corrected chi connectivity index (χ0v) is 24.6. The largest absolute Gasteiger partial charge is 0.493 e. The molecule has 2 aromatic heterocycles. The molecule has 12 heteroatoms. The van der Waals surface area contributed by atoms with E-state index in [2.05, 4.69) is 21.9 Å². The Morgan fingerprint density at radius 1 is 0.976 bits per heavy atom. The summed E-state index contributed by atoms with van der Waals surface area (Å²) in [6, 6.07) is 12.0. The zero-order chi connectivity index (χ0) is 29.1. The molecule has 3 N–H and O–H groups in total. The van der Waals surface area contributed by atoms with Gasteiger partial charge in [-0.1, -0.05) is 27.2 Å². The molecule has 1 saturated heterocycles. The van der Waals surface area contributed by atoms with Crippen molar-refractivity contribution in [1.29, 1.82) is 0 Å². The van der Waals surface area contributed by atoms with Gasteiger partial charge in [-0.2, -0.15) is 9.40 Å². The van der Waals surface area contributed by atoms with Crippen LogP contribution in [0.15, 0.2) is 52.2 Å². The molecule has 1 aliphatic rings. The number of hydrogen-bond donors (Lipinski definition) is 2. The van der Waals surface area contributed by atoms with Crippen LogP contribution >= 0.6 is 0 Å². The molecular weight excluding hydrogens is 542 g/mol. The van der Waals surface area contributed by atoms with E-state index in [4.69, 9.17) is 15.5 Å². The van der Waals surface area contributed by atoms with Gasteiger partial charge in [-0.25, -0.2) is 18.1 Å². The Morgan fingerprint density at radius 2 is 1.71 bits per heavy atom. The maximum Gasteiger partial charge on any atom is 0.279 e. The first-order chi connectivity index (χ1) is 19.8. The number of likely N-dealkylation sites (N-methyl/N-ethyl adjacent to an activating group) is 1. The van der Waals surface area contributed by atoms with Crippen molar-refractivity contribution in [1.82, 2.24) is 29.0 Å². The molecule has 0 atom stereocenters. The highest BCUT2D eigenvalue weighted by atomic mass is 32.2. The normalized spacial score (nSPS) is 15.0. The van der Waals surface area contributed by atoms with E-state index in [0.29, 0.717) is 61.7 Å². The molecule has 0 saturated carbocycles. The number of nitrogens with two attached hydrogens (primary N) is 1. The van der Waals surface area contributed by atoms with Gasteiger partial charge in [0.05, 0.1) is 28.4 Å². The fraction of sp³-hybridized carbons (Fsp3) is 0.414. The number of nitrogens with one attached hydrogen (secondary N) is 1. The second-order valence-corrected chi connectivity index (χ2v) is 12.1. The Bertz CT molecular complexity index is 1690. The molecule has 3 heterocycles. The number of nitrogen functional groups attached to an aromatic ring is 1. The van der Waals surface area contributed by atoms with Crippen LogP contribution in [0.2, 0.25) is 0 Å². The predicted octanol–water partition coefficient (Wildman–Crippen LogP) is 3.43. The zero-order valence-electron chi connectivity index (χ0n) is 23.8. The molecule has 1 aliphatic heterocycles. The molecule has 218 valence electrons. The van der Waals surface area contributed by atoms with Crippen LogP contribution in [0.3, 0.4) is 0 Å². The first-order valence-electron chi connectivity index (χ1n) is 14.1. The molecule has 2 aromatic carbocycles. The van der Waals surface area contributed by atoms with Crippen LogP contribution in [0.25, 0.3) is 28.1 Å². The molecule has 1 fully saturated rings. The standard InChI is InChI=1S/C29H37N7O4S/c1-4-7-24-26-27(33-36(24)21-10-8-20(30)9-11-21)29(37)32-28(31-26)23-19-22(12-13-25(23)40-18-5-2)41(38,39)35-16-14-34(6-3)15-17-35/h8-13,19H,4-7,14-18,30H2,1-3H3,(H,31,32,37). The number of hydrogen-bond acceptors (Lipinski definition) is 8. The number of nitrogens with zero attached hydrogens (tertiary/aromatic N) is 5. The number of rotatable bonds is 10. The second kappa shape index (κ2) is 12.0. The van der Waals surface area contributed by atoms with E-state index in [1.807, 2.05) is 26.0 Å². The number of H-pyrrole nitrogens is 1. The highest BCUT2D eigenvalue weighted by Gasteiger charge is 2.29. The third-order valence-electron chi connectivity index (χ3n) is 7.33. The molecule has 0 bridgehead atoms. The van der Waals surface area contributed by atoms with Crippen molar-refractivity contribution in [2.75, 3.05) is 45.1 Å². The summed E-state index contributed by atoms with van der Waals surface area (Å²) in [6.07, 6.45) is 2.21. The van der Waals surface area contributed by atoms with Crippen LogP contribution in [0.1, 0.15) is 39.3 Å². The van der Waals surface area contributed by atoms with Crippen molar-refractivity contribution in [3.05, 3.63) is 58.5 Å². The molecule has 5 rings (SSSR count). The Morgan fingerprint density at radius 3 is 2.37 bits per heavy atom. The summed E-state index contributed by atoms with van der Waals surface area (Å²) in [5.74, 6) is 0.683. The maximum atomic E-state index is 13.6. The molecule has 11 nitrogen and oxygen atoms in total. The van der Waals surface area contributed by atoms with Crippen LogP contribution in [0, 0.1) is 0 Å². The van der Waals surface area contributed by atoms with E-state index in [-0.39, 0.29) is 16.2 Å². The first kappa shape index (κ1) is 28.8. The van der Waals surface area contributed by atoms with Crippen molar-refractivity contribution in [3.8, 4) is 22.8 Å². The molecule has 0 spiro atoms. The summed E-state index contributed by atoms with van der Waals surface area (Å²) < 4.78 is 36.5. The molecule has 0 radical (unpaired) electrons. The van der Waals surface area contributed by atoms with Crippen molar-refractivity contribution < 1.29 is 13.2 Å². The summed E-state index contributed by atoms with van der Waals surface area (Å²) in [5.41, 5.74) is 8.73. The lowest BCUT2D eigenvalue weighted by Crippen LogP contribution is -2.48. The van der Waals surface area contributed by atoms with E-state index in [1.54, 1.807) is 35.0 Å². The number of anilines is 1. The number of aromatic amines is 1. The number of aromatic nitrogens is 4. The SMILES string of the molecule is CCCOc1ccc(S(=O)(=O)N2CCN(CC)CC2)cc1-c1nc2c(CCC)n(-c3ccc(N)cc3)nc2c(=O)[nH]1. The Labute approximate surface area is 240 Å². The average molecular weight is 580 g/mol. The minimum absolute atomic E-state index is 0.135. The maximum absolute atomic E-state index is 13.6. The summed E-state index contributed by atoms with van der Waals surface area (Å²) in [5, 5.41) is 4.60. The van der Waals surface area contributed by atoms with Crippen LogP contribution in [-0.2, 0) is 16.4 Å². The summed E-state index contributed by atoms with van der Waals surface area (Å²) in [7, 11) is -3.76. The van der Waals surface area contributed by atoms with Crippen LogP contribution in [-0.4, -0.2) is 76.7 Å². The van der Waals surface area contributed by atoms with Crippen LogP contribution < -0.4 is 16.0 Å². The predicted molar refractivity (Wildman–Crippen MR) is 160 cm³/mol. The van der Waals surface area contributed by atoms with Gasteiger partial charge in [-0.15, -0.1) is 0 Å². The number of fused-ring (bicyclic) bond motifs is 1. The van der Waals surface area contributed by atoms with E-state index in [0.717, 1.165) is 30.8 Å². The topological polar surface area (TPSA) is 139 Å². The van der Waals surface area contributed by atoms with Crippen molar-refractivity contribution in [3.63, 3.8) is 0 Å². The fourth-order valence-electron chi connectivity index (χ4n) is 5.07. The quantitative estimate of drug-likeness (QED) is 0.273. The second-order valence-electron chi connectivity index (χ2n) is 10.2. The Kier molecular flexibility index (Phi) is 8.43. The number of piperazine rings is 1. The molecule has 4 aromatic rings. The summed E-state index contributed by atoms with van der Waals surface area (Å²) >= 11 is 0. The van der Waals surface area contributed by atoms with Gasteiger partial charge in [-0.05, 0) is 61.9 Å². The van der Waals surface area contributed by atoms with Crippen LogP contribution in [0.5, 0.6) is 5.75 Å². The Balaban J connectivity index is 1.63. The van der Waals surface area contributed by atoms with Gasteiger partial charge in [0, 0.05) is 31.9 Å². The number of aryl methyl sites for hydroxylation is 1. The fourth-order valence-corrected chi connectivity index (χ4v) is 6.52. The highest BCUT2D eigenvalue weighted by Crippen LogP contribution is 2.33. The Hall–Kier alpha value is -3.74. The summed E-state index contributed by atoms with van der Waals surface area (Å²) in [4.78, 5) is 23.4. The average Bonchev–Trinajstić information content (AvgIpc) is 3.35. The third-order valence-corrected chi connectivity index (χ3v) is 9.23.